The van der Waals surface area contributed by atoms with Crippen molar-refractivity contribution in [1.82, 2.24) is 20.2 Å². The van der Waals surface area contributed by atoms with Crippen LogP contribution in [0.3, 0.4) is 0 Å². The molecular weight excluding hydrogens is 448 g/mol. The van der Waals surface area contributed by atoms with Gasteiger partial charge in [0, 0.05) is 53.3 Å². The summed E-state index contributed by atoms with van der Waals surface area (Å²) in [7, 11) is 2.18. The van der Waals surface area contributed by atoms with E-state index in [-0.39, 0.29) is 0 Å². The number of rotatable bonds is 8. The molecule has 0 aliphatic carbocycles. The minimum atomic E-state index is 0.501. The number of nitrogens with zero attached hydrogens (tertiary/aromatic N) is 3. The standard InChI is InChI=1S/C29H32N6O/c1-20-25-9-12-33-28(25)8-7-27(20)34-29-22(17-30)18-31-19-26(29)21-3-5-24(6-4-21)36-16-13-32-23-10-14-35(2)15-11-23/h3-9,12,18-19,23,32-33H,10-11,13-16H2,1-2H3,(H,31,34). The lowest BCUT2D eigenvalue weighted by Gasteiger charge is -2.29. The number of likely N-dealkylation sites (tertiary alicyclic amines) is 1. The minimum Gasteiger partial charge on any atom is -0.492 e. The van der Waals surface area contributed by atoms with Crippen LogP contribution in [0.4, 0.5) is 11.4 Å². The average Bonchev–Trinajstić information content (AvgIpc) is 3.40. The van der Waals surface area contributed by atoms with Gasteiger partial charge in [-0.05, 0) is 81.4 Å². The number of nitriles is 1. The molecule has 184 valence electrons. The van der Waals surface area contributed by atoms with Gasteiger partial charge in [-0.2, -0.15) is 5.26 Å². The molecule has 3 N–H and O–H groups in total. The number of pyridine rings is 1. The van der Waals surface area contributed by atoms with Crippen molar-refractivity contribution < 1.29 is 4.74 Å². The maximum absolute atomic E-state index is 9.78. The predicted octanol–water partition coefficient (Wildman–Crippen LogP) is 5.22. The lowest BCUT2D eigenvalue weighted by molar-refractivity contribution is 0.224. The monoisotopic (exact) mass is 480 g/mol. The summed E-state index contributed by atoms with van der Waals surface area (Å²) >= 11 is 0. The van der Waals surface area contributed by atoms with Crippen molar-refractivity contribution >= 4 is 22.3 Å². The Morgan fingerprint density at radius 1 is 1.11 bits per heavy atom. The van der Waals surface area contributed by atoms with Crippen LogP contribution < -0.4 is 15.4 Å². The Labute approximate surface area is 212 Å². The summed E-state index contributed by atoms with van der Waals surface area (Å²) in [5.74, 6) is 0.830. The van der Waals surface area contributed by atoms with Gasteiger partial charge in [-0.1, -0.05) is 12.1 Å². The van der Waals surface area contributed by atoms with Gasteiger partial charge in [-0.3, -0.25) is 4.98 Å². The van der Waals surface area contributed by atoms with Gasteiger partial charge in [-0.15, -0.1) is 0 Å². The largest absolute Gasteiger partial charge is 0.492 e. The maximum atomic E-state index is 9.78. The van der Waals surface area contributed by atoms with Gasteiger partial charge < -0.3 is 25.3 Å². The summed E-state index contributed by atoms with van der Waals surface area (Å²) in [4.78, 5) is 9.94. The highest BCUT2D eigenvalue weighted by atomic mass is 16.5. The fraction of sp³-hybridized carbons (Fsp3) is 0.310. The van der Waals surface area contributed by atoms with Crippen molar-refractivity contribution in [2.75, 3.05) is 38.6 Å². The van der Waals surface area contributed by atoms with Gasteiger partial charge in [-0.25, -0.2) is 0 Å². The van der Waals surface area contributed by atoms with E-state index < -0.39 is 0 Å². The van der Waals surface area contributed by atoms with E-state index in [0.717, 1.165) is 64.4 Å². The first-order valence-electron chi connectivity index (χ1n) is 12.5. The third-order valence-electron chi connectivity index (χ3n) is 7.02. The molecule has 36 heavy (non-hydrogen) atoms. The van der Waals surface area contributed by atoms with Crippen molar-refractivity contribution in [3.63, 3.8) is 0 Å². The summed E-state index contributed by atoms with van der Waals surface area (Å²) < 4.78 is 5.97. The van der Waals surface area contributed by atoms with Crippen LogP contribution in [0.5, 0.6) is 5.75 Å². The number of piperidine rings is 1. The summed E-state index contributed by atoms with van der Waals surface area (Å²) in [5, 5.41) is 18.1. The highest BCUT2D eigenvalue weighted by molar-refractivity contribution is 5.91. The molecule has 0 atom stereocenters. The van der Waals surface area contributed by atoms with Crippen molar-refractivity contribution in [3.8, 4) is 22.9 Å². The Kier molecular flexibility index (Phi) is 7.17. The van der Waals surface area contributed by atoms with Crippen LogP contribution in [0, 0.1) is 18.3 Å². The number of aryl methyl sites for hydroxylation is 1. The molecular formula is C29H32N6O. The molecule has 4 aromatic rings. The lowest BCUT2D eigenvalue weighted by Crippen LogP contribution is -2.42. The first-order valence-corrected chi connectivity index (χ1v) is 12.5. The first kappa shape index (κ1) is 23.9. The van der Waals surface area contributed by atoms with Gasteiger partial charge in [0.2, 0.25) is 0 Å². The minimum absolute atomic E-state index is 0.501. The zero-order valence-electron chi connectivity index (χ0n) is 20.8. The normalized spacial score (nSPS) is 14.6. The van der Waals surface area contributed by atoms with Crippen molar-refractivity contribution in [1.29, 1.82) is 5.26 Å². The fourth-order valence-electron chi connectivity index (χ4n) is 4.83. The molecule has 7 nitrogen and oxygen atoms in total. The number of fused-ring (bicyclic) bond motifs is 1. The van der Waals surface area contributed by atoms with Crippen LogP contribution >= 0.6 is 0 Å². The topological polar surface area (TPSA) is 89.0 Å². The van der Waals surface area contributed by atoms with Crippen LogP contribution in [0.2, 0.25) is 0 Å². The molecule has 0 saturated carbocycles. The van der Waals surface area contributed by atoms with Crippen LogP contribution in [0.1, 0.15) is 24.0 Å². The summed E-state index contributed by atoms with van der Waals surface area (Å²) in [5.41, 5.74) is 6.27. The van der Waals surface area contributed by atoms with Crippen molar-refractivity contribution in [2.45, 2.75) is 25.8 Å². The quantitative estimate of drug-likeness (QED) is 0.300. The molecule has 1 aliphatic heterocycles. The molecule has 1 aliphatic rings. The zero-order valence-corrected chi connectivity index (χ0v) is 20.8. The van der Waals surface area contributed by atoms with E-state index >= 15 is 0 Å². The number of anilines is 2. The molecule has 2 aromatic carbocycles. The van der Waals surface area contributed by atoms with Crippen molar-refractivity contribution in [2.24, 2.45) is 0 Å². The lowest BCUT2D eigenvalue weighted by atomic mass is 10.0. The van der Waals surface area contributed by atoms with Gasteiger partial charge in [0.25, 0.3) is 0 Å². The molecule has 0 bridgehead atoms. The maximum Gasteiger partial charge on any atom is 0.119 e. The summed E-state index contributed by atoms with van der Waals surface area (Å²) in [6, 6.07) is 17.0. The van der Waals surface area contributed by atoms with Gasteiger partial charge in [0.1, 0.15) is 18.4 Å². The van der Waals surface area contributed by atoms with Crippen LogP contribution in [-0.4, -0.2) is 54.2 Å². The van der Waals surface area contributed by atoms with Crippen LogP contribution in [0.25, 0.3) is 22.0 Å². The molecule has 0 amide bonds. The highest BCUT2D eigenvalue weighted by Gasteiger charge is 2.16. The van der Waals surface area contributed by atoms with E-state index in [1.165, 1.54) is 12.8 Å². The molecule has 2 aromatic heterocycles. The van der Waals surface area contributed by atoms with Gasteiger partial charge >= 0.3 is 0 Å². The second kappa shape index (κ2) is 10.8. The van der Waals surface area contributed by atoms with Crippen LogP contribution in [-0.2, 0) is 0 Å². The van der Waals surface area contributed by atoms with Gasteiger partial charge in [0.15, 0.2) is 0 Å². The number of nitrogens with one attached hydrogen (secondary N) is 3. The second-order valence-corrected chi connectivity index (χ2v) is 9.43. The van der Waals surface area contributed by atoms with E-state index in [4.69, 9.17) is 4.74 Å². The number of ether oxygens (including phenoxy) is 1. The number of hydrogen-bond acceptors (Lipinski definition) is 6. The number of aromatic amines is 1. The predicted molar refractivity (Wildman–Crippen MR) is 145 cm³/mol. The molecule has 1 saturated heterocycles. The Balaban J connectivity index is 1.28. The summed E-state index contributed by atoms with van der Waals surface area (Å²) in [6.07, 6.45) is 7.72. The van der Waals surface area contributed by atoms with E-state index in [2.05, 4.69) is 51.6 Å². The van der Waals surface area contributed by atoms with Gasteiger partial charge in [0.05, 0.1) is 11.3 Å². The molecule has 7 heteroatoms. The molecule has 0 radical (unpaired) electrons. The number of H-pyrrole nitrogens is 1. The second-order valence-electron chi connectivity index (χ2n) is 9.43. The number of hydrogen-bond donors (Lipinski definition) is 3. The van der Waals surface area contributed by atoms with Crippen molar-refractivity contribution in [3.05, 3.63) is 72.2 Å². The smallest absolute Gasteiger partial charge is 0.119 e. The average molecular weight is 481 g/mol. The Bertz CT molecular complexity index is 1360. The van der Waals surface area contributed by atoms with E-state index in [9.17, 15) is 5.26 Å². The fourth-order valence-corrected chi connectivity index (χ4v) is 4.83. The van der Waals surface area contributed by atoms with E-state index in [0.29, 0.717) is 18.2 Å². The molecule has 0 spiro atoms. The first-order chi connectivity index (χ1) is 17.6. The zero-order chi connectivity index (χ0) is 24.9. The third kappa shape index (κ3) is 5.20. The summed E-state index contributed by atoms with van der Waals surface area (Å²) in [6.45, 7) is 5.85. The number of benzene rings is 2. The highest BCUT2D eigenvalue weighted by Crippen LogP contribution is 2.35. The van der Waals surface area contributed by atoms with Crippen LogP contribution in [0.15, 0.2) is 61.1 Å². The van der Waals surface area contributed by atoms with E-state index in [1.807, 2.05) is 42.6 Å². The van der Waals surface area contributed by atoms with E-state index in [1.54, 1.807) is 12.4 Å². The Hall–Kier alpha value is -3.86. The third-order valence-corrected chi connectivity index (χ3v) is 7.02. The Morgan fingerprint density at radius 2 is 1.92 bits per heavy atom. The number of aromatic nitrogens is 2. The molecule has 3 heterocycles. The SMILES string of the molecule is Cc1c(Nc2c(C#N)cncc2-c2ccc(OCCNC3CCN(C)CC3)cc2)ccc2[nH]ccc12. The molecule has 1 fully saturated rings. The molecule has 0 unspecified atom stereocenters. The Morgan fingerprint density at radius 3 is 2.69 bits per heavy atom. The molecule has 5 rings (SSSR count).